The van der Waals surface area contributed by atoms with Crippen LogP contribution in [0.5, 0.6) is 0 Å². The lowest BCUT2D eigenvalue weighted by atomic mass is 9.81. The van der Waals surface area contributed by atoms with Crippen molar-refractivity contribution >= 4 is 33.8 Å². The van der Waals surface area contributed by atoms with Crippen molar-refractivity contribution in [1.82, 2.24) is 9.55 Å². The van der Waals surface area contributed by atoms with Crippen LogP contribution in [0.4, 0.5) is 0 Å². The summed E-state index contributed by atoms with van der Waals surface area (Å²) in [6, 6.07) is 0. The van der Waals surface area contributed by atoms with Gasteiger partial charge in [0.2, 0.25) is 0 Å². The molecule has 0 unspecified atom stereocenters. The summed E-state index contributed by atoms with van der Waals surface area (Å²) in [5.41, 5.74) is 1.13. The van der Waals surface area contributed by atoms with Crippen molar-refractivity contribution in [3.63, 3.8) is 0 Å². The minimum atomic E-state index is 0.0257. The van der Waals surface area contributed by atoms with Crippen molar-refractivity contribution in [1.29, 1.82) is 0 Å². The molecule has 0 bridgehead atoms. The molecule has 2 heterocycles. The van der Waals surface area contributed by atoms with Crippen LogP contribution < -0.4 is 5.56 Å². The lowest BCUT2D eigenvalue weighted by Gasteiger charge is -2.29. The second-order valence-electron chi connectivity index (χ2n) is 6.45. The summed E-state index contributed by atoms with van der Waals surface area (Å²) in [5, 5.41) is 0.792. The summed E-state index contributed by atoms with van der Waals surface area (Å²) in [4.78, 5) is 18.1. The van der Waals surface area contributed by atoms with Crippen LogP contribution in [0, 0.1) is 30.0 Å². The second kappa shape index (κ2) is 5.11. The summed E-state index contributed by atoms with van der Waals surface area (Å²) in [6.07, 6.45) is 0. The number of thiophene rings is 1. The Bertz CT molecular complexity index is 762. The standard InChI is InChI=1S/C15H22N2OS2/c1-8(2)15(5,6)7-17-13(18)11-9(3)10(4)20-12(11)16-14(17)19/h8H,7H2,1-6H3,(H,16,19). The first kappa shape index (κ1) is 15.4. The van der Waals surface area contributed by atoms with Gasteiger partial charge in [-0.3, -0.25) is 9.36 Å². The number of aryl methyl sites for hydroxylation is 2. The van der Waals surface area contributed by atoms with E-state index in [-0.39, 0.29) is 11.0 Å². The Morgan fingerprint density at radius 1 is 1.35 bits per heavy atom. The Hall–Kier alpha value is -0.940. The SMILES string of the molecule is Cc1sc2[nH]c(=S)n(CC(C)(C)C(C)C)c(=O)c2c1C. The summed E-state index contributed by atoms with van der Waals surface area (Å²) in [7, 11) is 0. The Morgan fingerprint density at radius 2 is 1.95 bits per heavy atom. The normalized spacial score (nSPS) is 12.6. The molecule has 1 N–H and O–H groups in total. The molecular weight excluding hydrogens is 288 g/mol. The van der Waals surface area contributed by atoms with Gasteiger partial charge >= 0.3 is 0 Å². The largest absolute Gasteiger partial charge is 0.323 e. The molecule has 2 aromatic heterocycles. The van der Waals surface area contributed by atoms with Crippen LogP contribution in [0.2, 0.25) is 0 Å². The van der Waals surface area contributed by atoms with Gasteiger partial charge in [0.25, 0.3) is 5.56 Å². The quantitative estimate of drug-likeness (QED) is 0.852. The van der Waals surface area contributed by atoms with E-state index in [0.717, 1.165) is 15.8 Å². The van der Waals surface area contributed by atoms with Crippen LogP contribution in [-0.4, -0.2) is 9.55 Å². The highest BCUT2D eigenvalue weighted by atomic mass is 32.1. The predicted octanol–water partition coefficient (Wildman–Crippen LogP) is 4.42. The summed E-state index contributed by atoms with van der Waals surface area (Å²) >= 11 is 6.99. The summed E-state index contributed by atoms with van der Waals surface area (Å²) in [5.74, 6) is 0.477. The van der Waals surface area contributed by atoms with Crippen LogP contribution in [0.3, 0.4) is 0 Å². The number of rotatable bonds is 3. The Labute approximate surface area is 128 Å². The fourth-order valence-electron chi connectivity index (χ4n) is 2.10. The summed E-state index contributed by atoms with van der Waals surface area (Å²) < 4.78 is 2.24. The zero-order valence-corrected chi connectivity index (χ0v) is 14.6. The van der Waals surface area contributed by atoms with Gasteiger partial charge in [0.05, 0.1) is 5.39 Å². The van der Waals surface area contributed by atoms with Gasteiger partial charge < -0.3 is 4.98 Å². The number of H-pyrrole nitrogens is 1. The minimum absolute atomic E-state index is 0.0257. The number of hydrogen-bond donors (Lipinski definition) is 1. The third-order valence-corrected chi connectivity index (χ3v) is 5.88. The molecule has 0 aliphatic rings. The molecule has 0 aliphatic heterocycles. The van der Waals surface area contributed by atoms with Gasteiger partial charge in [-0.1, -0.05) is 27.7 Å². The van der Waals surface area contributed by atoms with E-state index < -0.39 is 0 Å². The first-order chi connectivity index (χ1) is 9.15. The van der Waals surface area contributed by atoms with Crippen LogP contribution in [0.1, 0.15) is 38.1 Å². The van der Waals surface area contributed by atoms with Crippen molar-refractivity contribution < 1.29 is 0 Å². The molecule has 20 heavy (non-hydrogen) atoms. The van der Waals surface area contributed by atoms with Crippen molar-refractivity contribution in [2.45, 2.75) is 48.1 Å². The Balaban J connectivity index is 2.69. The van der Waals surface area contributed by atoms with Gasteiger partial charge in [-0.15, -0.1) is 11.3 Å². The molecule has 110 valence electrons. The molecule has 2 aromatic rings. The van der Waals surface area contributed by atoms with E-state index >= 15 is 0 Å². The van der Waals surface area contributed by atoms with E-state index in [1.54, 1.807) is 15.9 Å². The first-order valence-electron chi connectivity index (χ1n) is 6.88. The monoisotopic (exact) mass is 310 g/mol. The fourth-order valence-corrected chi connectivity index (χ4v) is 3.46. The predicted molar refractivity (Wildman–Crippen MR) is 89.4 cm³/mol. The van der Waals surface area contributed by atoms with Crippen LogP contribution >= 0.6 is 23.6 Å². The van der Waals surface area contributed by atoms with Crippen molar-refractivity contribution in [2.75, 3.05) is 0 Å². The third-order valence-electron chi connectivity index (χ3n) is 4.44. The van der Waals surface area contributed by atoms with Crippen molar-refractivity contribution in [2.24, 2.45) is 11.3 Å². The lowest BCUT2D eigenvalue weighted by Crippen LogP contribution is -2.32. The molecule has 0 saturated carbocycles. The molecule has 0 aliphatic carbocycles. The molecule has 0 radical (unpaired) electrons. The molecule has 2 rings (SSSR count). The van der Waals surface area contributed by atoms with Crippen LogP contribution in [0.25, 0.3) is 10.2 Å². The number of aromatic amines is 1. The van der Waals surface area contributed by atoms with Gasteiger partial charge in [0.15, 0.2) is 4.77 Å². The van der Waals surface area contributed by atoms with Gasteiger partial charge in [0.1, 0.15) is 4.83 Å². The lowest BCUT2D eigenvalue weighted by molar-refractivity contribution is 0.206. The zero-order chi connectivity index (χ0) is 15.2. The minimum Gasteiger partial charge on any atom is -0.323 e. The number of nitrogens with one attached hydrogen (secondary N) is 1. The highest BCUT2D eigenvalue weighted by Crippen LogP contribution is 2.29. The van der Waals surface area contributed by atoms with E-state index in [1.807, 2.05) is 13.8 Å². The first-order valence-corrected chi connectivity index (χ1v) is 8.10. The molecular formula is C15H22N2OS2. The van der Waals surface area contributed by atoms with E-state index in [1.165, 1.54) is 4.88 Å². The molecule has 0 aromatic carbocycles. The second-order valence-corrected chi connectivity index (χ2v) is 8.06. The molecule has 0 spiro atoms. The average Bonchev–Trinajstić information content (AvgIpc) is 2.60. The molecule has 0 saturated heterocycles. The van der Waals surface area contributed by atoms with E-state index in [9.17, 15) is 4.79 Å². The molecule has 0 amide bonds. The molecule has 3 nitrogen and oxygen atoms in total. The van der Waals surface area contributed by atoms with Crippen molar-refractivity contribution in [3.8, 4) is 0 Å². The van der Waals surface area contributed by atoms with E-state index in [4.69, 9.17) is 12.2 Å². The highest BCUT2D eigenvalue weighted by molar-refractivity contribution is 7.71. The number of nitrogens with zero attached hydrogens (tertiary/aromatic N) is 1. The maximum Gasteiger partial charge on any atom is 0.263 e. The van der Waals surface area contributed by atoms with E-state index in [0.29, 0.717) is 17.2 Å². The van der Waals surface area contributed by atoms with Gasteiger partial charge in [0, 0.05) is 11.4 Å². The smallest absolute Gasteiger partial charge is 0.263 e. The highest BCUT2D eigenvalue weighted by Gasteiger charge is 2.25. The molecule has 0 fully saturated rings. The molecule has 5 heteroatoms. The third kappa shape index (κ3) is 2.49. The number of aromatic nitrogens is 2. The zero-order valence-electron chi connectivity index (χ0n) is 13.0. The summed E-state index contributed by atoms with van der Waals surface area (Å²) in [6.45, 7) is 13.4. The Morgan fingerprint density at radius 3 is 2.50 bits per heavy atom. The number of hydrogen-bond acceptors (Lipinski definition) is 3. The Kier molecular flexibility index (Phi) is 3.95. The van der Waals surface area contributed by atoms with Gasteiger partial charge in [-0.2, -0.15) is 0 Å². The average molecular weight is 310 g/mol. The maximum absolute atomic E-state index is 12.8. The van der Waals surface area contributed by atoms with Crippen molar-refractivity contribution in [3.05, 3.63) is 25.6 Å². The molecule has 0 atom stereocenters. The topological polar surface area (TPSA) is 37.8 Å². The van der Waals surface area contributed by atoms with E-state index in [2.05, 4.69) is 32.7 Å². The van der Waals surface area contributed by atoms with Gasteiger partial charge in [-0.05, 0) is 43.0 Å². The fraction of sp³-hybridized carbons (Fsp3) is 0.600. The maximum atomic E-state index is 12.8. The number of fused-ring (bicyclic) bond motifs is 1. The van der Waals surface area contributed by atoms with Gasteiger partial charge in [-0.25, -0.2) is 0 Å². The van der Waals surface area contributed by atoms with Crippen LogP contribution in [0.15, 0.2) is 4.79 Å². The van der Waals surface area contributed by atoms with Crippen LogP contribution in [-0.2, 0) is 6.54 Å².